The Hall–Kier alpha value is -1.79. The van der Waals surface area contributed by atoms with Gasteiger partial charge in [0.05, 0.1) is 19.4 Å². The van der Waals surface area contributed by atoms with Crippen molar-refractivity contribution < 1.29 is 9.52 Å². The van der Waals surface area contributed by atoms with Crippen LogP contribution in [0.5, 0.6) is 0 Å². The highest BCUT2D eigenvalue weighted by Crippen LogP contribution is 2.19. The Bertz CT molecular complexity index is 622. The molecule has 0 bridgehead atoms. The van der Waals surface area contributed by atoms with Gasteiger partial charge < -0.3 is 20.2 Å². The fourth-order valence-electron chi connectivity index (χ4n) is 2.03. The van der Waals surface area contributed by atoms with Crippen molar-refractivity contribution in [3.05, 3.63) is 58.5 Å². The molecule has 23 heavy (non-hydrogen) atoms. The number of hydrogen-bond donors (Lipinski definition) is 3. The number of hydrogen-bond acceptors (Lipinski definition) is 3. The van der Waals surface area contributed by atoms with Crippen LogP contribution in [-0.4, -0.2) is 24.2 Å². The summed E-state index contributed by atoms with van der Waals surface area (Å²) in [7, 11) is 0. The summed E-state index contributed by atoms with van der Waals surface area (Å²) in [5.41, 5.74) is 0.0142. The molecule has 0 aliphatic heterocycles. The van der Waals surface area contributed by atoms with Crippen molar-refractivity contribution in [2.45, 2.75) is 26.0 Å². The summed E-state index contributed by atoms with van der Waals surface area (Å²) >= 11 is 3.42. The summed E-state index contributed by atoms with van der Waals surface area (Å²) in [4.78, 5) is 4.54. The topological polar surface area (TPSA) is 69.8 Å². The average molecular weight is 380 g/mol. The molecule has 3 N–H and O–H groups in total. The van der Waals surface area contributed by atoms with Crippen molar-refractivity contribution in [2.75, 3.05) is 13.1 Å². The van der Waals surface area contributed by atoms with Crippen molar-refractivity contribution in [3.63, 3.8) is 0 Å². The summed E-state index contributed by atoms with van der Waals surface area (Å²) in [6, 6.07) is 11.6. The molecule has 6 heteroatoms. The van der Waals surface area contributed by atoms with Crippen LogP contribution in [0, 0.1) is 0 Å². The molecule has 1 aromatic heterocycles. The molecular formula is C17H22BrN3O2. The molecule has 0 amide bonds. The van der Waals surface area contributed by atoms with Gasteiger partial charge in [0.15, 0.2) is 5.96 Å². The van der Waals surface area contributed by atoms with Crippen LogP contribution in [0.25, 0.3) is 0 Å². The zero-order valence-corrected chi connectivity index (χ0v) is 14.9. The number of nitrogens with zero attached hydrogens (tertiary/aromatic N) is 1. The van der Waals surface area contributed by atoms with E-state index in [9.17, 15) is 5.11 Å². The molecule has 0 radical (unpaired) electrons. The summed E-state index contributed by atoms with van der Waals surface area (Å²) in [6.07, 6.45) is 1.55. The summed E-state index contributed by atoms with van der Waals surface area (Å²) in [5, 5.41) is 16.8. The largest absolute Gasteiger partial charge is 0.466 e. The van der Waals surface area contributed by atoms with Crippen LogP contribution in [0.2, 0.25) is 0 Å². The number of guanidine groups is 1. The Morgan fingerprint density at radius 1 is 1.26 bits per heavy atom. The number of aliphatic hydroxyl groups is 1. The second-order valence-corrected chi connectivity index (χ2v) is 6.34. The van der Waals surface area contributed by atoms with Crippen LogP contribution >= 0.6 is 15.9 Å². The normalized spacial score (nSPS) is 14.3. The average Bonchev–Trinajstić information content (AvgIpc) is 3.07. The lowest BCUT2D eigenvalue weighted by Crippen LogP contribution is -2.44. The van der Waals surface area contributed by atoms with Gasteiger partial charge >= 0.3 is 0 Å². The summed E-state index contributed by atoms with van der Waals surface area (Å²) in [5.74, 6) is 1.18. The van der Waals surface area contributed by atoms with Crippen LogP contribution in [0.4, 0.5) is 0 Å². The van der Waals surface area contributed by atoms with Gasteiger partial charge in [-0.05, 0) is 43.7 Å². The molecule has 0 spiro atoms. The predicted molar refractivity (Wildman–Crippen MR) is 95.2 cm³/mol. The molecule has 1 heterocycles. The number of furan rings is 1. The second kappa shape index (κ2) is 8.17. The molecule has 2 rings (SSSR count). The van der Waals surface area contributed by atoms with Crippen LogP contribution in [0.3, 0.4) is 0 Å². The van der Waals surface area contributed by atoms with Gasteiger partial charge in [0.25, 0.3) is 0 Å². The van der Waals surface area contributed by atoms with E-state index in [-0.39, 0.29) is 0 Å². The van der Waals surface area contributed by atoms with E-state index in [2.05, 4.69) is 31.6 Å². The van der Waals surface area contributed by atoms with Crippen LogP contribution in [0.1, 0.15) is 25.2 Å². The zero-order chi connectivity index (χ0) is 16.7. The lowest BCUT2D eigenvalue weighted by atomic mass is 10.0. The first kappa shape index (κ1) is 17.6. The van der Waals surface area contributed by atoms with Crippen molar-refractivity contribution in [1.82, 2.24) is 10.6 Å². The van der Waals surface area contributed by atoms with Gasteiger partial charge in [-0.15, -0.1) is 0 Å². The smallest absolute Gasteiger partial charge is 0.191 e. The number of benzene rings is 1. The highest BCUT2D eigenvalue weighted by molar-refractivity contribution is 9.10. The van der Waals surface area contributed by atoms with E-state index < -0.39 is 5.60 Å². The Balaban J connectivity index is 1.97. The molecule has 1 aromatic carbocycles. The minimum atomic E-state index is -1.10. The third-order valence-electron chi connectivity index (χ3n) is 3.33. The maximum absolute atomic E-state index is 10.5. The third-order valence-corrected chi connectivity index (χ3v) is 3.86. The second-order valence-electron chi connectivity index (χ2n) is 5.43. The van der Waals surface area contributed by atoms with Gasteiger partial charge in [0.2, 0.25) is 0 Å². The van der Waals surface area contributed by atoms with E-state index in [0.717, 1.165) is 16.6 Å². The van der Waals surface area contributed by atoms with Crippen molar-refractivity contribution in [2.24, 2.45) is 4.99 Å². The van der Waals surface area contributed by atoms with Gasteiger partial charge in [-0.3, -0.25) is 0 Å². The SMILES string of the molecule is CCNC(=NCc1ccc(Br)cc1)NCC(C)(O)c1ccco1. The molecule has 0 aliphatic carbocycles. The van der Waals surface area contributed by atoms with Gasteiger partial charge in [0.1, 0.15) is 11.4 Å². The minimum Gasteiger partial charge on any atom is -0.466 e. The third kappa shape index (κ3) is 5.41. The fraction of sp³-hybridized carbons (Fsp3) is 0.353. The Labute approximate surface area is 144 Å². The first-order valence-corrected chi connectivity index (χ1v) is 8.33. The maximum Gasteiger partial charge on any atom is 0.191 e. The molecule has 5 nitrogen and oxygen atoms in total. The number of nitrogens with one attached hydrogen (secondary N) is 2. The highest BCUT2D eigenvalue weighted by Gasteiger charge is 2.26. The molecule has 1 unspecified atom stereocenters. The zero-order valence-electron chi connectivity index (χ0n) is 13.3. The maximum atomic E-state index is 10.5. The lowest BCUT2D eigenvalue weighted by Gasteiger charge is -2.22. The van der Waals surface area contributed by atoms with E-state index in [1.807, 2.05) is 31.2 Å². The van der Waals surface area contributed by atoms with Crippen molar-refractivity contribution in [3.8, 4) is 0 Å². The quantitative estimate of drug-likeness (QED) is 0.532. The molecular weight excluding hydrogens is 358 g/mol. The molecule has 0 saturated carbocycles. The van der Waals surface area contributed by atoms with Gasteiger partial charge in [-0.1, -0.05) is 28.1 Å². The first-order chi connectivity index (χ1) is 11.0. The van der Waals surface area contributed by atoms with Crippen LogP contribution < -0.4 is 10.6 Å². The Morgan fingerprint density at radius 2 is 2.00 bits per heavy atom. The summed E-state index contributed by atoms with van der Waals surface area (Å²) < 4.78 is 6.32. The number of aliphatic imine (C=N–C) groups is 1. The molecule has 0 aliphatic rings. The lowest BCUT2D eigenvalue weighted by molar-refractivity contribution is 0.0386. The molecule has 0 saturated heterocycles. The minimum absolute atomic E-state index is 0.298. The summed E-state index contributed by atoms with van der Waals surface area (Å²) in [6.45, 7) is 5.31. The Kier molecular flexibility index (Phi) is 6.24. The predicted octanol–water partition coefficient (Wildman–Crippen LogP) is 3.00. The first-order valence-electron chi connectivity index (χ1n) is 7.54. The van der Waals surface area contributed by atoms with E-state index in [1.165, 1.54) is 0 Å². The highest BCUT2D eigenvalue weighted by atomic mass is 79.9. The van der Waals surface area contributed by atoms with Gasteiger partial charge in [0, 0.05) is 11.0 Å². The van der Waals surface area contributed by atoms with E-state index >= 15 is 0 Å². The van der Waals surface area contributed by atoms with E-state index in [1.54, 1.807) is 25.3 Å². The number of rotatable bonds is 6. The standard InChI is InChI=1S/C17H22BrN3O2/c1-3-19-16(20-11-13-6-8-14(18)9-7-13)21-12-17(2,22)15-5-4-10-23-15/h4-10,22H,3,11-12H2,1-2H3,(H2,19,20,21). The molecule has 0 fully saturated rings. The van der Waals surface area contributed by atoms with E-state index in [4.69, 9.17) is 4.42 Å². The monoisotopic (exact) mass is 379 g/mol. The van der Waals surface area contributed by atoms with Gasteiger partial charge in [-0.25, -0.2) is 4.99 Å². The van der Waals surface area contributed by atoms with Crippen LogP contribution in [0.15, 0.2) is 56.5 Å². The van der Waals surface area contributed by atoms with Crippen LogP contribution in [-0.2, 0) is 12.1 Å². The van der Waals surface area contributed by atoms with E-state index in [0.29, 0.717) is 24.8 Å². The molecule has 1 atom stereocenters. The Morgan fingerprint density at radius 3 is 2.61 bits per heavy atom. The molecule has 2 aromatic rings. The van der Waals surface area contributed by atoms with Gasteiger partial charge in [-0.2, -0.15) is 0 Å². The van der Waals surface area contributed by atoms with Crippen molar-refractivity contribution in [1.29, 1.82) is 0 Å². The van der Waals surface area contributed by atoms with Crippen molar-refractivity contribution >= 4 is 21.9 Å². The fourth-order valence-corrected chi connectivity index (χ4v) is 2.29. The molecule has 124 valence electrons. The number of halogens is 1.